The molecular weight excluding hydrogens is 214 g/mol. The molecule has 0 aliphatic rings. The Hall–Kier alpha value is -2.29. The van der Waals surface area contributed by atoms with Gasteiger partial charge in [0.25, 0.3) is 5.56 Å². The van der Waals surface area contributed by atoms with Gasteiger partial charge in [-0.2, -0.15) is 0 Å². The summed E-state index contributed by atoms with van der Waals surface area (Å²) in [4.78, 5) is 17.4. The van der Waals surface area contributed by atoms with E-state index in [-0.39, 0.29) is 5.56 Å². The van der Waals surface area contributed by atoms with Crippen LogP contribution < -0.4 is 10.4 Å². The lowest BCUT2D eigenvalue weighted by atomic mass is 10.1. The normalized spacial score (nSPS) is 10.9. The molecule has 3 nitrogen and oxygen atoms in total. The molecule has 0 unspecified atom stereocenters. The van der Waals surface area contributed by atoms with Crippen LogP contribution in [0.15, 0.2) is 53.3 Å². The lowest BCUT2D eigenvalue weighted by Gasteiger charge is -2.10. The highest BCUT2D eigenvalue weighted by atomic mass is 16.6. The zero-order chi connectivity index (χ0) is 11.8. The molecule has 2 aromatic carbocycles. The second-order valence-electron chi connectivity index (χ2n) is 3.84. The van der Waals surface area contributed by atoms with Crippen LogP contribution in [0.1, 0.15) is 0 Å². The average molecular weight is 225 g/mol. The van der Waals surface area contributed by atoms with Gasteiger partial charge < -0.3 is 4.84 Å². The molecule has 0 N–H and O–H groups in total. The number of hydrogen-bond acceptors (Lipinski definition) is 2. The van der Waals surface area contributed by atoms with Crippen LogP contribution in [-0.4, -0.2) is 11.8 Å². The van der Waals surface area contributed by atoms with Gasteiger partial charge in [0, 0.05) is 5.39 Å². The fourth-order valence-corrected chi connectivity index (χ4v) is 2.18. The third kappa shape index (κ3) is 1.32. The molecule has 84 valence electrons. The Morgan fingerprint density at radius 1 is 0.882 bits per heavy atom. The zero-order valence-electron chi connectivity index (χ0n) is 9.38. The van der Waals surface area contributed by atoms with E-state index in [4.69, 9.17) is 4.84 Å². The quantitative estimate of drug-likeness (QED) is 0.594. The average Bonchev–Trinajstić information content (AvgIpc) is 2.40. The molecule has 0 fully saturated rings. The van der Waals surface area contributed by atoms with Crippen molar-refractivity contribution >= 4 is 21.7 Å². The van der Waals surface area contributed by atoms with Gasteiger partial charge in [-0.05, 0) is 17.5 Å². The van der Waals surface area contributed by atoms with Crippen LogP contribution in [0.3, 0.4) is 0 Å². The van der Waals surface area contributed by atoms with E-state index in [0.29, 0.717) is 5.39 Å². The van der Waals surface area contributed by atoms with Gasteiger partial charge in [-0.15, -0.1) is 4.73 Å². The maximum absolute atomic E-state index is 12.2. The molecule has 3 aromatic rings. The summed E-state index contributed by atoms with van der Waals surface area (Å²) in [6, 6.07) is 15.3. The van der Waals surface area contributed by atoms with Crippen LogP contribution in [0.4, 0.5) is 0 Å². The summed E-state index contributed by atoms with van der Waals surface area (Å²) in [5, 5.41) is 2.65. The lowest BCUT2D eigenvalue weighted by Crippen LogP contribution is -2.25. The first-order valence-corrected chi connectivity index (χ1v) is 5.40. The van der Waals surface area contributed by atoms with E-state index < -0.39 is 0 Å². The standard InChI is InChI=1S/C14H11NO2/c1-17-15-13-9-5-4-7-11(13)10-6-2-3-8-12(10)14(15)16/h2-9H,1H3. The number of pyridine rings is 1. The first kappa shape index (κ1) is 9.90. The van der Waals surface area contributed by atoms with Gasteiger partial charge in [0.05, 0.1) is 10.9 Å². The van der Waals surface area contributed by atoms with E-state index in [1.165, 1.54) is 11.8 Å². The molecule has 0 spiro atoms. The largest absolute Gasteiger partial charge is 0.413 e. The first-order valence-electron chi connectivity index (χ1n) is 5.40. The van der Waals surface area contributed by atoms with E-state index in [2.05, 4.69) is 0 Å². The summed E-state index contributed by atoms with van der Waals surface area (Å²) in [5.74, 6) is 0. The van der Waals surface area contributed by atoms with Crippen molar-refractivity contribution in [1.29, 1.82) is 0 Å². The molecule has 0 saturated heterocycles. The number of aromatic nitrogens is 1. The Morgan fingerprint density at radius 3 is 2.18 bits per heavy atom. The second-order valence-corrected chi connectivity index (χ2v) is 3.84. The highest BCUT2D eigenvalue weighted by Crippen LogP contribution is 2.21. The predicted molar refractivity (Wildman–Crippen MR) is 68.2 cm³/mol. The number of rotatable bonds is 1. The highest BCUT2D eigenvalue weighted by Gasteiger charge is 2.09. The SMILES string of the molecule is COn1c(=O)c2ccccc2c2ccccc21. The van der Waals surface area contributed by atoms with Crippen molar-refractivity contribution in [2.24, 2.45) is 0 Å². The third-order valence-electron chi connectivity index (χ3n) is 2.94. The van der Waals surface area contributed by atoms with E-state index in [0.717, 1.165) is 16.3 Å². The summed E-state index contributed by atoms with van der Waals surface area (Å²) in [5.41, 5.74) is 0.667. The summed E-state index contributed by atoms with van der Waals surface area (Å²) in [7, 11) is 1.50. The number of hydrogen-bond donors (Lipinski definition) is 0. The van der Waals surface area contributed by atoms with Crippen LogP contribution in [0.2, 0.25) is 0 Å². The molecule has 1 heterocycles. The van der Waals surface area contributed by atoms with Crippen molar-refractivity contribution in [3.05, 3.63) is 58.9 Å². The van der Waals surface area contributed by atoms with Crippen molar-refractivity contribution in [3.8, 4) is 0 Å². The van der Waals surface area contributed by atoms with Crippen LogP contribution in [0.25, 0.3) is 21.7 Å². The summed E-state index contributed by atoms with van der Waals surface area (Å²) in [6.07, 6.45) is 0. The fourth-order valence-electron chi connectivity index (χ4n) is 2.18. The molecule has 0 aliphatic heterocycles. The second kappa shape index (κ2) is 3.63. The van der Waals surface area contributed by atoms with E-state index in [1.807, 2.05) is 48.5 Å². The maximum Gasteiger partial charge on any atom is 0.291 e. The monoisotopic (exact) mass is 225 g/mol. The van der Waals surface area contributed by atoms with Gasteiger partial charge in [0.2, 0.25) is 0 Å². The minimum Gasteiger partial charge on any atom is -0.413 e. The summed E-state index contributed by atoms with van der Waals surface area (Å²) >= 11 is 0. The fraction of sp³-hybridized carbons (Fsp3) is 0.0714. The van der Waals surface area contributed by atoms with Crippen LogP contribution >= 0.6 is 0 Å². The van der Waals surface area contributed by atoms with Gasteiger partial charge in [-0.3, -0.25) is 4.79 Å². The molecule has 3 rings (SSSR count). The molecule has 17 heavy (non-hydrogen) atoms. The molecule has 0 radical (unpaired) electrons. The smallest absolute Gasteiger partial charge is 0.291 e. The maximum atomic E-state index is 12.2. The van der Waals surface area contributed by atoms with Crippen LogP contribution in [0.5, 0.6) is 0 Å². The minimum absolute atomic E-state index is 0.123. The topological polar surface area (TPSA) is 31.2 Å². The van der Waals surface area contributed by atoms with Crippen molar-refractivity contribution in [2.75, 3.05) is 7.11 Å². The first-order chi connectivity index (χ1) is 8.33. The van der Waals surface area contributed by atoms with Gasteiger partial charge in [-0.1, -0.05) is 36.4 Å². The van der Waals surface area contributed by atoms with Crippen molar-refractivity contribution in [1.82, 2.24) is 4.73 Å². The molecule has 0 saturated carbocycles. The number of fused-ring (bicyclic) bond motifs is 3. The zero-order valence-corrected chi connectivity index (χ0v) is 9.38. The van der Waals surface area contributed by atoms with E-state index >= 15 is 0 Å². The van der Waals surface area contributed by atoms with Crippen LogP contribution in [-0.2, 0) is 0 Å². The van der Waals surface area contributed by atoms with Crippen molar-refractivity contribution in [3.63, 3.8) is 0 Å². The van der Waals surface area contributed by atoms with Gasteiger partial charge >= 0.3 is 0 Å². The molecule has 1 aromatic heterocycles. The molecule has 0 amide bonds. The number of nitrogens with zero attached hydrogens (tertiary/aromatic N) is 1. The summed E-state index contributed by atoms with van der Waals surface area (Å²) < 4.78 is 1.33. The molecule has 0 atom stereocenters. The lowest BCUT2D eigenvalue weighted by molar-refractivity contribution is 0.170. The van der Waals surface area contributed by atoms with E-state index in [1.54, 1.807) is 0 Å². The highest BCUT2D eigenvalue weighted by molar-refractivity contribution is 6.05. The van der Waals surface area contributed by atoms with Crippen molar-refractivity contribution in [2.45, 2.75) is 0 Å². The molecular formula is C14H11NO2. The van der Waals surface area contributed by atoms with Gasteiger partial charge in [0.15, 0.2) is 0 Å². The molecule has 0 bridgehead atoms. The Morgan fingerprint density at radius 2 is 1.47 bits per heavy atom. The Kier molecular flexibility index (Phi) is 2.11. The predicted octanol–water partition coefficient (Wildman–Crippen LogP) is 2.21. The van der Waals surface area contributed by atoms with Crippen LogP contribution in [0, 0.1) is 0 Å². The van der Waals surface area contributed by atoms with Gasteiger partial charge in [0.1, 0.15) is 7.11 Å². The number of para-hydroxylation sites is 1. The Balaban J connectivity index is 2.69. The molecule has 0 aliphatic carbocycles. The summed E-state index contributed by atoms with van der Waals surface area (Å²) in [6.45, 7) is 0. The van der Waals surface area contributed by atoms with E-state index in [9.17, 15) is 4.79 Å². The Bertz CT molecular complexity index is 759. The third-order valence-corrected chi connectivity index (χ3v) is 2.94. The van der Waals surface area contributed by atoms with Crippen molar-refractivity contribution < 1.29 is 4.84 Å². The Labute approximate surface area is 97.8 Å². The van der Waals surface area contributed by atoms with Gasteiger partial charge in [-0.25, -0.2) is 0 Å². The number of benzene rings is 2. The minimum atomic E-state index is -0.123. The molecule has 3 heteroatoms.